The molecular weight excluding hydrogens is 304 g/mol. The maximum absolute atomic E-state index is 13.3. The van der Waals surface area contributed by atoms with Gasteiger partial charge in [0.1, 0.15) is 12.4 Å². The van der Waals surface area contributed by atoms with E-state index in [1.165, 1.54) is 12.4 Å². The monoisotopic (exact) mass is 319 g/mol. The Kier molecular flexibility index (Phi) is 4.45. The number of hydrogen-bond acceptors (Lipinski definition) is 4. The highest BCUT2D eigenvalue weighted by molar-refractivity contribution is 5.94. The van der Waals surface area contributed by atoms with Crippen molar-refractivity contribution in [3.05, 3.63) is 54.0 Å². The second-order valence-corrected chi connectivity index (χ2v) is 5.31. The van der Waals surface area contributed by atoms with E-state index in [1.54, 1.807) is 17.2 Å². The van der Waals surface area contributed by atoms with Crippen molar-refractivity contribution in [2.45, 2.75) is 18.9 Å². The number of piperidine rings is 1. The van der Waals surface area contributed by atoms with E-state index in [4.69, 9.17) is 4.74 Å². The summed E-state index contributed by atoms with van der Waals surface area (Å²) in [6, 6.07) is 4.82. The molecular formula is C16H15F2N3O2. The molecule has 2 heterocycles. The van der Waals surface area contributed by atoms with E-state index in [0.29, 0.717) is 19.0 Å². The highest BCUT2D eigenvalue weighted by Crippen LogP contribution is 2.19. The van der Waals surface area contributed by atoms with Gasteiger partial charge in [0.05, 0.1) is 6.54 Å². The molecule has 23 heavy (non-hydrogen) atoms. The van der Waals surface area contributed by atoms with Gasteiger partial charge in [0, 0.05) is 24.4 Å². The molecule has 120 valence electrons. The van der Waals surface area contributed by atoms with Crippen LogP contribution < -0.4 is 4.74 Å². The number of rotatable bonds is 3. The summed E-state index contributed by atoms with van der Waals surface area (Å²) in [6.45, 7) is 0.934. The van der Waals surface area contributed by atoms with E-state index in [0.717, 1.165) is 25.0 Å². The smallest absolute Gasteiger partial charge is 0.254 e. The van der Waals surface area contributed by atoms with E-state index in [2.05, 4.69) is 9.97 Å². The Morgan fingerprint density at radius 2 is 2.13 bits per heavy atom. The van der Waals surface area contributed by atoms with Crippen molar-refractivity contribution in [1.82, 2.24) is 14.9 Å². The van der Waals surface area contributed by atoms with Crippen LogP contribution in [0, 0.1) is 11.6 Å². The van der Waals surface area contributed by atoms with Gasteiger partial charge in [-0.05, 0) is 31.0 Å². The number of likely N-dealkylation sites (tertiary alicyclic amines) is 1. The molecule has 2 aromatic rings. The van der Waals surface area contributed by atoms with Crippen LogP contribution in [0.4, 0.5) is 8.78 Å². The lowest BCUT2D eigenvalue weighted by Gasteiger charge is -2.32. The summed E-state index contributed by atoms with van der Waals surface area (Å²) in [4.78, 5) is 21.8. The summed E-state index contributed by atoms with van der Waals surface area (Å²) >= 11 is 0. The van der Waals surface area contributed by atoms with Gasteiger partial charge in [-0.1, -0.05) is 0 Å². The third-order valence-corrected chi connectivity index (χ3v) is 3.67. The van der Waals surface area contributed by atoms with Gasteiger partial charge in [-0.15, -0.1) is 0 Å². The summed E-state index contributed by atoms with van der Waals surface area (Å²) in [5.41, 5.74) is 0.131. The number of benzene rings is 1. The van der Waals surface area contributed by atoms with Crippen molar-refractivity contribution in [1.29, 1.82) is 0 Å². The molecule has 1 aliphatic rings. The van der Waals surface area contributed by atoms with Crippen molar-refractivity contribution in [2.24, 2.45) is 0 Å². The van der Waals surface area contributed by atoms with Gasteiger partial charge in [-0.25, -0.2) is 18.7 Å². The van der Waals surface area contributed by atoms with Crippen LogP contribution >= 0.6 is 0 Å². The van der Waals surface area contributed by atoms with Crippen molar-refractivity contribution in [2.75, 3.05) is 13.1 Å². The molecule has 0 radical (unpaired) electrons. The highest BCUT2D eigenvalue weighted by Gasteiger charge is 2.26. The zero-order valence-electron chi connectivity index (χ0n) is 12.3. The van der Waals surface area contributed by atoms with E-state index >= 15 is 0 Å². The zero-order valence-corrected chi connectivity index (χ0v) is 12.3. The Hall–Kier alpha value is -2.57. The first kappa shape index (κ1) is 15.3. The molecule has 1 saturated heterocycles. The highest BCUT2D eigenvalue weighted by atomic mass is 19.2. The zero-order chi connectivity index (χ0) is 16.2. The second-order valence-electron chi connectivity index (χ2n) is 5.31. The average molecular weight is 319 g/mol. The lowest BCUT2D eigenvalue weighted by molar-refractivity contribution is 0.0527. The van der Waals surface area contributed by atoms with Gasteiger partial charge in [0.25, 0.3) is 5.91 Å². The van der Waals surface area contributed by atoms with Crippen molar-refractivity contribution < 1.29 is 18.3 Å². The number of nitrogens with zero attached hydrogens (tertiary/aromatic N) is 3. The third-order valence-electron chi connectivity index (χ3n) is 3.67. The van der Waals surface area contributed by atoms with Crippen molar-refractivity contribution in [3.8, 4) is 5.88 Å². The number of halogens is 2. The molecule has 0 saturated carbocycles. The molecule has 1 amide bonds. The van der Waals surface area contributed by atoms with Crippen LogP contribution in [-0.2, 0) is 0 Å². The molecule has 0 bridgehead atoms. The Morgan fingerprint density at radius 3 is 2.87 bits per heavy atom. The predicted octanol–water partition coefficient (Wildman–Crippen LogP) is 2.44. The van der Waals surface area contributed by atoms with Gasteiger partial charge in [-0.3, -0.25) is 4.79 Å². The van der Waals surface area contributed by atoms with Gasteiger partial charge in [0.2, 0.25) is 5.88 Å². The normalized spacial score (nSPS) is 17.8. The maximum Gasteiger partial charge on any atom is 0.254 e. The quantitative estimate of drug-likeness (QED) is 0.872. The minimum Gasteiger partial charge on any atom is -0.472 e. The summed E-state index contributed by atoms with van der Waals surface area (Å²) in [5, 5.41) is 0. The van der Waals surface area contributed by atoms with Crippen LogP contribution in [0.25, 0.3) is 0 Å². The Labute approximate surface area is 131 Å². The molecule has 1 aliphatic heterocycles. The first-order valence-corrected chi connectivity index (χ1v) is 7.30. The fourth-order valence-corrected chi connectivity index (χ4v) is 2.55. The minimum atomic E-state index is -1.03. The molecule has 1 fully saturated rings. The number of ether oxygens (including phenoxy) is 1. The Morgan fingerprint density at radius 1 is 1.26 bits per heavy atom. The molecule has 0 spiro atoms. The number of carbonyl (C=O) groups is 1. The Balaban J connectivity index is 1.68. The van der Waals surface area contributed by atoms with E-state index < -0.39 is 11.6 Å². The van der Waals surface area contributed by atoms with Crippen molar-refractivity contribution >= 4 is 5.91 Å². The minimum absolute atomic E-state index is 0.131. The molecule has 1 aromatic heterocycles. The standard InChI is InChI=1S/C16H15F2N3O2/c17-13-4-3-11(8-14(13)18)16(22)21-7-1-2-12(9-21)23-15-5-6-19-10-20-15/h3-6,8,10,12H,1-2,7,9H2. The number of amides is 1. The Bertz CT molecular complexity index is 697. The van der Waals surface area contributed by atoms with E-state index in [9.17, 15) is 13.6 Å². The van der Waals surface area contributed by atoms with Crippen LogP contribution in [0.5, 0.6) is 5.88 Å². The summed E-state index contributed by atoms with van der Waals surface area (Å²) in [5.74, 6) is -1.88. The van der Waals surface area contributed by atoms with E-state index in [-0.39, 0.29) is 17.6 Å². The largest absolute Gasteiger partial charge is 0.472 e. The number of carbonyl (C=O) groups excluding carboxylic acids is 1. The fourth-order valence-electron chi connectivity index (χ4n) is 2.55. The average Bonchev–Trinajstić information content (AvgIpc) is 2.58. The van der Waals surface area contributed by atoms with Gasteiger partial charge in [0.15, 0.2) is 11.6 Å². The summed E-state index contributed by atoms with van der Waals surface area (Å²) < 4.78 is 32.0. The topological polar surface area (TPSA) is 55.3 Å². The molecule has 1 aromatic carbocycles. The van der Waals surface area contributed by atoms with Crippen LogP contribution in [0.3, 0.4) is 0 Å². The summed E-state index contributed by atoms with van der Waals surface area (Å²) in [7, 11) is 0. The lowest BCUT2D eigenvalue weighted by Crippen LogP contribution is -2.44. The fraction of sp³-hybridized carbons (Fsp3) is 0.312. The first-order chi connectivity index (χ1) is 11.1. The SMILES string of the molecule is O=C(c1ccc(F)c(F)c1)N1CCCC(Oc2ccncn2)C1. The van der Waals surface area contributed by atoms with Crippen molar-refractivity contribution in [3.63, 3.8) is 0 Å². The molecule has 1 unspecified atom stereocenters. The molecule has 3 rings (SSSR count). The number of aromatic nitrogens is 2. The van der Waals surface area contributed by atoms with Gasteiger partial charge in [-0.2, -0.15) is 0 Å². The van der Waals surface area contributed by atoms with Gasteiger partial charge >= 0.3 is 0 Å². The second kappa shape index (κ2) is 6.68. The third kappa shape index (κ3) is 3.61. The van der Waals surface area contributed by atoms with E-state index in [1.807, 2.05) is 0 Å². The molecule has 0 N–H and O–H groups in total. The molecule has 7 heteroatoms. The van der Waals surface area contributed by atoms with Crippen LogP contribution in [0.15, 0.2) is 36.8 Å². The van der Waals surface area contributed by atoms with Crippen LogP contribution in [0.1, 0.15) is 23.2 Å². The predicted molar refractivity (Wildman–Crippen MR) is 77.9 cm³/mol. The van der Waals surface area contributed by atoms with Gasteiger partial charge < -0.3 is 9.64 Å². The summed E-state index contributed by atoms with van der Waals surface area (Å²) in [6.07, 6.45) is 4.35. The van der Waals surface area contributed by atoms with Crippen LogP contribution in [-0.4, -0.2) is 40.0 Å². The first-order valence-electron chi connectivity index (χ1n) is 7.30. The molecule has 0 aliphatic carbocycles. The maximum atomic E-state index is 13.3. The van der Waals surface area contributed by atoms with Crippen LogP contribution in [0.2, 0.25) is 0 Å². The lowest BCUT2D eigenvalue weighted by atomic mass is 10.1. The number of hydrogen-bond donors (Lipinski definition) is 0. The molecule has 1 atom stereocenters. The molecule has 5 nitrogen and oxygen atoms in total.